The number of ether oxygens (including phenoxy) is 1. The summed E-state index contributed by atoms with van der Waals surface area (Å²) in [6.45, 7) is 2.90. The normalized spacial score (nSPS) is 13.2. The largest absolute Gasteiger partial charge is 0.385 e. The lowest BCUT2D eigenvalue weighted by molar-refractivity contribution is 0.181. The highest BCUT2D eigenvalue weighted by molar-refractivity contribution is 7.71. The summed E-state index contributed by atoms with van der Waals surface area (Å²) in [6, 6.07) is 0.406. The Balaban J connectivity index is 2.59. The molecule has 0 saturated heterocycles. The first kappa shape index (κ1) is 9.48. The molecule has 0 aliphatic carbocycles. The van der Waals surface area contributed by atoms with E-state index in [9.17, 15) is 0 Å². The molecule has 4 heteroatoms. The summed E-state index contributed by atoms with van der Waals surface area (Å²) in [6.07, 6.45) is 4.80. The maximum absolute atomic E-state index is 5.08. The van der Waals surface area contributed by atoms with Crippen molar-refractivity contribution in [2.24, 2.45) is 0 Å². The van der Waals surface area contributed by atoms with E-state index in [0.717, 1.165) is 17.8 Å². The molecule has 1 unspecified atom stereocenters. The van der Waals surface area contributed by atoms with Crippen LogP contribution >= 0.6 is 12.2 Å². The fourth-order valence-corrected chi connectivity index (χ4v) is 1.41. The second-order valence-corrected chi connectivity index (χ2v) is 3.19. The van der Waals surface area contributed by atoms with Crippen molar-refractivity contribution >= 4 is 12.2 Å². The molecule has 1 rings (SSSR count). The van der Waals surface area contributed by atoms with Gasteiger partial charge in [0.05, 0.1) is 0 Å². The molecule has 0 spiro atoms. The van der Waals surface area contributed by atoms with Gasteiger partial charge in [0, 0.05) is 32.2 Å². The first-order chi connectivity index (χ1) is 5.75. The van der Waals surface area contributed by atoms with Crippen molar-refractivity contribution in [1.29, 1.82) is 0 Å². The van der Waals surface area contributed by atoms with Crippen LogP contribution in [0.1, 0.15) is 19.4 Å². The van der Waals surface area contributed by atoms with Gasteiger partial charge in [0.2, 0.25) is 0 Å². The maximum Gasteiger partial charge on any atom is 0.177 e. The third kappa shape index (κ3) is 2.19. The Morgan fingerprint density at radius 1 is 1.75 bits per heavy atom. The highest BCUT2D eigenvalue weighted by Crippen LogP contribution is 2.10. The Hall–Kier alpha value is -0.610. The summed E-state index contributed by atoms with van der Waals surface area (Å²) in [5.74, 6) is 0. The van der Waals surface area contributed by atoms with Crippen LogP contribution in [0, 0.1) is 4.77 Å². The summed E-state index contributed by atoms with van der Waals surface area (Å²) in [4.78, 5) is 2.96. The van der Waals surface area contributed by atoms with Gasteiger partial charge in [-0.25, -0.2) is 0 Å². The van der Waals surface area contributed by atoms with Crippen LogP contribution in [0.15, 0.2) is 12.4 Å². The van der Waals surface area contributed by atoms with E-state index in [4.69, 9.17) is 17.0 Å². The molecule has 0 fully saturated rings. The highest BCUT2D eigenvalue weighted by atomic mass is 32.1. The third-order valence-corrected chi connectivity index (χ3v) is 2.22. The Labute approximate surface area is 77.4 Å². The topological polar surface area (TPSA) is 29.9 Å². The van der Waals surface area contributed by atoms with Crippen molar-refractivity contribution in [3.63, 3.8) is 0 Å². The van der Waals surface area contributed by atoms with E-state index >= 15 is 0 Å². The summed E-state index contributed by atoms with van der Waals surface area (Å²) in [7, 11) is 1.71. The van der Waals surface area contributed by atoms with Crippen LogP contribution in [-0.2, 0) is 4.74 Å². The fraction of sp³-hybridized carbons (Fsp3) is 0.625. The van der Waals surface area contributed by atoms with Gasteiger partial charge in [0.1, 0.15) is 0 Å². The second-order valence-electron chi connectivity index (χ2n) is 2.80. The van der Waals surface area contributed by atoms with E-state index in [2.05, 4.69) is 11.9 Å². The molecule has 0 amide bonds. The molecule has 12 heavy (non-hydrogen) atoms. The van der Waals surface area contributed by atoms with Crippen LogP contribution in [0.3, 0.4) is 0 Å². The Kier molecular flexibility index (Phi) is 3.49. The summed E-state index contributed by atoms with van der Waals surface area (Å²) >= 11 is 5.08. The predicted octanol–water partition coefficient (Wildman–Crippen LogP) is 2.14. The van der Waals surface area contributed by atoms with Gasteiger partial charge < -0.3 is 14.3 Å². The van der Waals surface area contributed by atoms with Gasteiger partial charge in [0.15, 0.2) is 4.77 Å². The molecule has 1 aromatic rings. The molecular weight excluding hydrogens is 172 g/mol. The van der Waals surface area contributed by atoms with Crippen molar-refractivity contribution in [2.75, 3.05) is 13.7 Å². The number of rotatable bonds is 4. The third-order valence-electron chi connectivity index (χ3n) is 1.89. The van der Waals surface area contributed by atoms with Gasteiger partial charge >= 0.3 is 0 Å². The fourth-order valence-electron chi connectivity index (χ4n) is 1.11. The van der Waals surface area contributed by atoms with Crippen LogP contribution in [0.25, 0.3) is 0 Å². The smallest absolute Gasteiger partial charge is 0.177 e. The molecule has 0 aliphatic rings. The number of methoxy groups -OCH3 is 1. The van der Waals surface area contributed by atoms with E-state index in [-0.39, 0.29) is 0 Å². The molecule has 0 aliphatic heterocycles. The van der Waals surface area contributed by atoms with Crippen molar-refractivity contribution in [2.45, 2.75) is 19.4 Å². The van der Waals surface area contributed by atoms with Gasteiger partial charge in [-0.15, -0.1) is 0 Å². The lowest BCUT2D eigenvalue weighted by Crippen LogP contribution is -2.06. The van der Waals surface area contributed by atoms with Gasteiger partial charge in [-0.2, -0.15) is 0 Å². The molecular formula is C8H14N2OS. The minimum Gasteiger partial charge on any atom is -0.385 e. The quantitative estimate of drug-likeness (QED) is 0.730. The number of aromatic nitrogens is 2. The summed E-state index contributed by atoms with van der Waals surface area (Å²) < 4.78 is 7.81. The van der Waals surface area contributed by atoms with Crippen LogP contribution in [0.2, 0.25) is 0 Å². The van der Waals surface area contributed by atoms with E-state index in [1.807, 2.05) is 17.0 Å². The molecule has 0 saturated carbocycles. The number of aromatic amines is 1. The molecule has 0 bridgehead atoms. The second kappa shape index (κ2) is 4.42. The van der Waals surface area contributed by atoms with Crippen LogP contribution in [0.5, 0.6) is 0 Å². The molecule has 0 radical (unpaired) electrons. The maximum atomic E-state index is 5.08. The van der Waals surface area contributed by atoms with Crippen molar-refractivity contribution < 1.29 is 4.74 Å². The molecule has 0 aromatic carbocycles. The number of nitrogens with one attached hydrogen (secondary N) is 1. The van der Waals surface area contributed by atoms with E-state index in [1.54, 1.807) is 7.11 Å². The molecule has 1 N–H and O–H groups in total. The predicted molar refractivity (Wildman–Crippen MR) is 50.8 cm³/mol. The highest BCUT2D eigenvalue weighted by Gasteiger charge is 2.03. The number of nitrogens with zero attached hydrogens (tertiary/aromatic N) is 1. The average Bonchev–Trinajstić information content (AvgIpc) is 2.47. The summed E-state index contributed by atoms with van der Waals surface area (Å²) in [5, 5.41) is 0. The number of H-pyrrole nitrogens is 1. The molecule has 1 heterocycles. The zero-order valence-electron chi connectivity index (χ0n) is 7.41. The van der Waals surface area contributed by atoms with Crippen LogP contribution in [0.4, 0.5) is 0 Å². The van der Waals surface area contributed by atoms with Gasteiger partial charge in [0.25, 0.3) is 0 Å². The Morgan fingerprint density at radius 2 is 2.50 bits per heavy atom. The first-order valence-corrected chi connectivity index (χ1v) is 4.41. The minimum atomic E-state index is 0.406. The van der Waals surface area contributed by atoms with Crippen molar-refractivity contribution in [1.82, 2.24) is 9.55 Å². The molecule has 1 aromatic heterocycles. The van der Waals surface area contributed by atoms with E-state index < -0.39 is 0 Å². The standard InChI is InChI=1S/C8H14N2OS/c1-7(3-6-11-2)10-5-4-9-8(10)12/h4-5,7H,3,6H2,1-2H3,(H,9,12). The lowest BCUT2D eigenvalue weighted by atomic mass is 10.2. The average molecular weight is 186 g/mol. The lowest BCUT2D eigenvalue weighted by Gasteiger charge is -2.11. The van der Waals surface area contributed by atoms with Gasteiger partial charge in [-0.3, -0.25) is 0 Å². The zero-order chi connectivity index (χ0) is 8.97. The van der Waals surface area contributed by atoms with E-state index in [0.29, 0.717) is 6.04 Å². The monoisotopic (exact) mass is 186 g/mol. The van der Waals surface area contributed by atoms with Gasteiger partial charge in [-0.05, 0) is 25.6 Å². The van der Waals surface area contributed by atoms with Crippen LogP contribution < -0.4 is 0 Å². The Bertz CT molecular complexity index is 279. The molecule has 3 nitrogen and oxygen atoms in total. The molecule has 1 atom stereocenters. The van der Waals surface area contributed by atoms with Crippen LogP contribution in [-0.4, -0.2) is 23.3 Å². The zero-order valence-corrected chi connectivity index (χ0v) is 8.23. The van der Waals surface area contributed by atoms with Crippen molar-refractivity contribution in [3.05, 3.63) is 17.2 Å². The number of hydrogen-bond acceptors (Lipinski definition) is 2. The minimum absolute atomic E-state index is 0.406. The SMILES string of the molecule is COCCC(C)n1cc[nH]c1=S. The molecule has 68 valence electrons. The van der Waals surface area contributed by atoms with E-state index in [1.165, 1.54) is 0 Å². The number of hydrogen-bond donors (Lipinski definition) is 1. The number of imidazole rings is 1. The summed E-state index contributed by atoms with van der Waals surface area (Å²) in [5.41, 5.74) is 0. The first-order valence-electron chi connectivity index (χ1n) is 4.00. The Morgan fingerprint density at radius 3 is 3.00 bits per heavy atom. The van der Waals surface area contributed by atoms with Gasteiger partial charge in [-0.1, -0.05) is 0 Å². The van der Waals surface area contributed by atoms with Crippen molar-refractivity contribution in [3.8, 4) is 0 Å².